The molecule has 110 valence electrons. The molecule has 0 aromatic heterocycles. The number of benzene rings is 1. The van der Waals surface area contributed by atoms with Crippen LogP contribution in [0.4, 0.5) is 0 Å². The van der Waals surface area contributed by atoms with Gasteiger partial charge in [-0.15, -0.1) is 0 Å². The van der Waals surface area contributed by atoms with Gasteiger partial charge in [0.15, 0.2) is 0 Å². The van der Waals surface area contributed by atoms with Gasteiger partial charge in [-0.05, 0) is 74.1 Å². The van der Waals surface area contributed by atoms with Gasteiger partial charge < -0.3 is 5.32 Å². The summed E-state index contributed by atoms with van der Waals surface area (Å²) in [6, 6.07) is 7.43. The van der Waals surface area contributed by atoms with Gasteiger partial charge in [-0.1, -0.05) is 38.0 Å². The second kappa shape index (κ2) is 5.89. The molecular weight excluding hydrogens is 242 g/mol. The van der Waals surface area contributed by atoms with Gasteiger partial charge in [0.2, 0.25) is 0 Å². The van der Waals surface area contributed by atoms with Gasteiger partial charge in [0, 0.05) is 6.04 Å². The van der Waals surface area contributed by atoms with Gasteiger partial charge >= 0.3 is 0 Å². The van der Waals surface area contributed by atoms with Crippen LogP contribution in [0.1, 0.15) is 49.3 Å². The number of likely N-dealkylation sites (N-methyl/N-ethyl adjacent to an activating group) is 1. The lowest BCUT2D eigenvalue weighted by Crippen LogP contribution is -2.34. The minimum Gasteiger partial charge on any atom is -0.314 e. The van der Waals surface area contributed by atoms with Crippen LogP contribution in [0.25, 0.3) is 0 Å². The molecule has 0 saturated heterocycles. The summed E-state index contributed by atoms with van der Waals surface area (Å²) in [5.41, 5.74) is 4.52. The van der Waals surface area contributed by atoms with E-state index in [0.717, 1.165) is 24.3 Å². The molecule has 2 fully saturated rings. The monoisotopic (exact) mass is 271 g/mol. The highest BCUT2D eigenvalue weighted by molar-refractivity contribution is 5.34. The maximum absolute atomic E-state index is 3.80. The van der Waals surface area contributed by atoms with Gasteiger partial charge in [-0.2, -0.15) is 0 Å². The van der Waals surface area contributed by atoms with Crippen molar-refractivity contribution in [2.45, 2.75) is 58.9 Å². The Labute approximate surface area is 124 Å². The molecule has 1 heteroatoms. The summed E-state index contributed by atoms with van der Waals surface area (Å²) in [6.45, 7) is 7.89. The van der Waals surface area contributed by atoms with Crippen molar-refractivity contribution >= 4 is 0 Å². The molecule has 2 saturated carbocycles. The highest BCUT2D eigenvalue weighted by Crippen LogP contribution is 2.57. The highest BCUT2D eigenvalue weighted by atomic mass is 14.9. The van der Waals surface area contributed by atoms with Crippen LogP contribution in [0, 0.1) is 31.6 Å². The van der Waals surface area contributed by atoms with Crippen molar-refractivity contribution < 1.29 is 0 Å². The molecule has 2 aliphatic rings. The minimum atomic E-state index is 0.702. The van der Waals surface area contributed by atoms with E-state index in [2.05, 4.69) is 44.3 Å². The largest absolute Gasteiger partial charge is 0.314 e. The first-order valence-corrected chi connectivity index (χ1v) is 8.50. The van der Waals surface area contributed by atoms with Crippen molar-refractivity contribution in [2.24, 2.45) is 17.8 Å². The fourth-order valence-electron chi connectivity index (χ4n) is 4.64. The topological polar surface area (TPSA) is 12.0 Å². The van der Waals surface area contributed by atoms with E-state index in [1.807, 2.05) is 0 Å². The van der Waals surface area contributed by atoms with Crippen LogP contribution < -0.4 is 5.32 Å². The SMILES string of the molecule is CCNC(Cc1c(C)cccc1C)C1C2CCCCC21. The summed E-state index contributed by atoms with van der Waals surface area (Å²) >= 11 is 0. The Morgan fingerprint density at radius 3 is 2.25 bits per heavy atom. The van der Waals surface area contributed by atoms with Crippen molar-refractivity contribution in [3.8, 4) is 0 Å². The molecule has 1 aromatic carbocycles. The summed E-state index contributed by atoms with van der Waals surface area (Å²) in [5, 5.41) is 3.80. The van der Waals surface area contributed by atoms with E-state index in [9.17, 15) is 0 Å². The lowest BCUT2D eigenvalue weighted by Gasteiger charge is -2.21. The molecule has 0 radical (unpaired) electrons. The molecule has 1 N–H and O–H groups in total. The first-order chi connectivity index (χ1) is 9.72. The van der Waals surface area contributed by atoms with Crippen LogP contribution in [0.5, 0.6) is 0 Å². The van der Waals surface area contributed by atoms with Gasteiger partial charge in [-0.3, -0.25) is 0 Å². The number of hydrogen-bond acceptors (Lipinski definition) is 1. The summed E-state index contributed by atoms with van der Waals surface area (Å²) in [4.78, 5) is 0. The second-order valence-electron chi connectivity index (χ2n) is 6.93. The molecule has 1 nitrogen and oxygen atoms in total. The Hall–Kier alpha value is -0.820. The fourth-order valence-corrected chi connectivity index (χ4v) is 4.64. The Morgan fingerprint density at radius 2 is 1.70 bits per heavy atom. The Kier molecular flexibility index (Phi) is 4.16. The Morgan fingerprint density at radius 1 is 1.10 bits per heavy atom. The molecule has 20 heavy (non-hydrogen) atoms. The van der Waals surface area contributed by atoms with Crippen molar-refractivity contribution in [1.29, 1.82) is 0 Å². The lowest BCUT2D eigenvalue weighted by molar-refractivity contribution is 0.436. The molecule has 3 rings (SSSR count). The molecule has 2 aliphatic carbocycles. The zero-order valence-corrected chi connectivity index (χ0v) is 13.3. The minimum absolute atomic E-state index is 0.702. The van der Waals surface area contributed by atoms with E-state index in [1.54, 1.807) is 5.56 Å². The number of hydrogen-bond donors (Lipinski definition) is 1. The molecule has 0 spiro atoms. The standard InChI is InChI=1S/C19H29N/c1-4-20-18(19-15-10-5-6-11-16(15)19)12-17-13(2)8-7-9-14(17)3/h7-9,15-16,18-20H,4-6,10-12H2,1-3H3. The zero-order valence-electron chi connectivity index (χ0n) is 13.3. The van der Waals surface area contributed by atoms with Crippen LogP contribution in [-0.4, -0.2) is 12.6 Å². The fraction of sp³-hybridized carbons (Fsp3) is 0.684. The highest BCUT2D eigenvalue weighted by Gasteiger charge is 2.53. The predicted molar refractivity (Wildman–Crippen MR) is 86.0 cm³/mol. The van der Waals surface area contributed by atoms with Crippen LogP contribution in [0.15, 0.2) is 18.2 Å². The summed E-state index contributed by atoms with van der Waals surface area (Å²) < 4.78 is 0. The van der Waals surface area contributed by atoms with E-state index in [-0.39, 0.29) is 0 Å². The van der Waals surface area contributed by atoms with Gasteiger partial charge in [0.05, 0.1) is 0 Å². The third-order valence-corrected chi connectivity index (χ3v) is 5.72. The smallest absolute Gasteiger partial charge is 0.0141 e. The summed E-state index contributed by atoms with van der Waals surface area (Å²) in [6.07, 6.45) is 7.15. The molecule has 3 unspecified atom stereocenters. The number of nitrogens with one attached hydrogen (secondary N) is 1. The summed E-state index contributed by atoms with van der Waals surface area (Å²) in [7, 11) is 0. The van der Waals surface area contributed by atoms with Crippen LogP contribution in [0.3, 0.4) is 0 Å². The van der Waals surface area contributed by atoms with Crippen LogP contribution in [0.2, 0.25) is 0 Å². The van der Waals surface area contributed by atoms with Gasteiger partial charge in [0.25, 0.3) is 0 Å². The molecule has 0 amide bonds. The molecule has 0 bridgehead atoms. The van der Waals surface area contributed by atoms with Crippen molar-refractivity contribution in [3.05, 3.63) is 34.9 Å². The third-order valence-electron chi connectivity index (χ3n) is 5.72. The van der Waals surface area contributed by atoms with Gasteiger partial charge in [0.1, 0.15) is 0 Å². The number of aryl methyl sites for hydroxylation is 2. The van der Waals surface area contributed by atoms with Crippen molar-refractivity contribution in [3.63, 3.8) is 0 Å². The quantitative estimate of drug-likeness (QED) is 0.843. The molecular formula is C19H29N. The molecule has 0 aliphatic heterocycles. The van der Waals surface area contributed by atoms with E-state index in [1.165, 1.54) is 43.2 Å². The maximum atomic E-state index is 3.80. The second-order valence-corrected chi connectivity index (χ2v) is 6.93. The summed E-state index contributed by atoms with van der Waals surface area (Å²) in [5.74, 6) is 3.03. The molecule has 3 atom stereocenters. The number of fused-ring (bicyclic) bond motifs is 1. The average molecular weight is 271 g/mol. The van der Waals surface area contributed by atoms with Gasteiger partial charge in [-0.25, -0.2) is 0 Å². The average Bonchev–Trinajstić information content (AvgIpc) is 3.16. The number of rotatable bonds is 5. The van der Waals surface area contributed by atoms with E-state index in [4.69, 9.17) is 0 Å². The van der Waals surface area contributed by atoms with Crippen LogP contribution >= 0.6 is 0 Å². The van der Waals surface area contributed by atoms with Crippen molar-refractivity contribution in [1.82, 2.24) is 5.32 Å². The Bertz CT molecular complexity index is 433. The van der Waals surface area contributed by atoms with E-state index in [0.29, 0.717) is 6.04 Å². The third kappa shape index (κ3) is 2.65. The van der Waals surface area contributed by atoms with E-state index >= 15 is 0 Å². The van der Waals surface area contributed by atoms with Crippen LogP contribution in [-0.2, 0) is 6.42 Å². The zero-order chi connectivity index (χ0) is 14.1. The maximum Gasteiger partial charge on any atom is 0.0141 e. The van der Waals surface area contributed by atoms with E-state index < -0.39 is 0 Å². The van der Waals surface area contributed by atoms with Crippen molar-refractivity contribution in [2.75, 3.05) is 6.54 Å². The predicted octanol–water partition coefficient (Wildman–Crippen LogP) is 4.26. The first-order valence-electron chi connectivity index (χ1n) is 8.50. The lowest BCUT2D eigenvalue weighted by atomic mass is 9.93. The normalized spacial score (nSPS) is 29.9. The molecule has 0 heterocycles. The first kappa shape index (κ1) is 14.1. The molecule has 1 aromatic rings. The Balaban J connectivity index is 1.75.